The highest BCUT2D eigenvalue weighted by Crippen LogP contribution is 2.28. The summed E-state index contributed by atoms with van der Waals surface area (Å²) in [6.07, 6.45) is 6.55. The molecule has 2 fully saturated rings. The summed E-state index contributed by atoms with van der Waals surface area (Å²) in [5, 5.41) is 3.58. The smallest absolute Gasteiger partial charge is 0.281 e. The second kappa shape index (κ2) is 8.67. The van der Waals surface area contributed by atoms with Gasteiger partial charge in [0.2, 0.25) is 0 Å². The first-order chi connectivity index (χ1) is 9.54. The minimum Gasteiger partial charge on any atom is -0.314 e. The highest BCUT2D eigenvalue weighted by Gasteiger charge is 2.31. The van der Waals surface area contributed by atoms with Crippen LogP contribution in [0.5, 0.6) is 0 Å². The summed E-state index contributed by atoms with van der Waals surface area (Å²) >= 11 is 0. The molecule has 1 saturated carbocycles. The van der Waals surface area contributed by atoms with E-state index in [4.69, 9.17) is 0 Å². The normalized spacial score (nSPS) is 21.5. The number of hydrogen-bond donors (Lipinski definition) is 1. The summed E-state index contributed by atoms with van der Waals surface area (Å²) in [7, 11) is -1.54. The third-order valence-electron chi connectivity index (χ3n) is 4.39. The lowest BCUT2D eigenvalue weighted by Gasteiger charge is -2.34. The van der Waals surface area contributed by atoms with Gasteiger partial charge < -0.3 is 5.32 Å². The molecular formula is C14H30ClN3O2S. The van der Waals surface area contributed by atoms with Gasteiger partial charge >= 0.3 is 0 Å². The van der Waals surface area contributed by atoms with Crippen LogP contribution in [-0.4, -0.2) is 56.3 Å². The lowest BCUT2D eigenvalue weighted by molar-refractivity contribution is 0.271. The number of unbranched alkanes of at least 4 members (excludes halogenated alkanes) is 1. The van der Waals surface area contributed by atoms with Crippen LogP contribution in [-0.2, 0) is 10.2 Å². The molecule has 5 nitrogen and oxygen atoms in total. The highest BCUT2D eigenvalue weighted by atomic mass is 35.5. The van der Waals surface area contributed by atoms with Crippen LogP contribution in [0, 0.1) is 5.92 Å². The summed E-state index contributed by atoms with van der Waals surface area (Å²) in [6, 6.07) is 0.503. The Balaban J connectivity index is 0.00000220. The van der Waals surface area contributed by atoms with Gasteiger partial charge in [0.05, 0.1) is 0 Å². The Morgan fingerprint density at radius 2 is 1.81 bits per heavy atom. The molecule has 1 aliphatic heterocycles. The van der Waals surface area contributed by atoms with Crippen LogP contribution in [0.25, 0.3) is 0 Å². The number of nitrogens with zero attached hydrogens (tertiary/aromatic N) is 2. The van der Waals surface area contributed by atoms with Gasteiger partial charge in [-0.2, -0.15) is 17.0 Å². The maximum absolute atomic E-state index is 12.4. The van der Waals surface area contributed by atoms with E-state index in [0.29, 0.717) is 25.7 Å². The lowest BCUT2D eigenvalue weighted by atomic mass is 10.1. The molecule has 2 aliphatic rings. The molecule has 0 amide bonds. The fraction of sp³-hybridized carbons (Fsp3) is 1.00. The van der Waals surface area contributed by atoms with Crippen LogP contribution >= 0.6 is 12.4 Å². The largest absolute Gasteiger partial charge is 0.314 e. The minimum absolute atomic E-state index is 0. The Labute approximate surface area is 136 Å². The Morgan fingerprint density at radius 3 is 2.33 bits per heavy atom. The predicted molar refractivity (Wildman–Crippen MR) is 89.0 cm³/mol. The van der Waals surface area contributed by atoms with Crippen molar-refractivity contribution in [1.29, 1.82) is 0 Å². The first-order valence-electron chi connectivity index (χ1n) is 7.98. The molecule has 0 aromatic carbocycles. The molecule has 0 aromatic heterocycles. The fourth-order valence-electron chi connectivity index (χ4n) is 2.64. The second-order valence-corrected chi connectivity index (χ2v) is 8.24. The third kappa shape index (κ3) is 5.67. The zero-order chi connectivity index (χ0) is 14.6. The molecule has 0 radical (unpaired) electrons. The summed E-state index contributed by atoms with van der Waals surface area (Å²) in [6.45, 7) is 5.13. The van der Waals surface area contributed by atoms with E-state index in [1.54, 1.807) is 11.4 Å². The van der Waals surface area contributed by atoms with Crippen LogP contribution in [0.2, 0.25) is 0 Å². The van der Waals surface area contributed by atoms with Crippen molar-refractivity contribution >= 4 is 22.6 Å². The van der Waals surface area contributed by atoms with Gasteiger partial charge in [-0.3, -0.25) is 0 Å². The number of hydrogen-bond acceptors (Lipinski definition) is 3. The van der Waals surface area contributed by atoms with Crippen molar-refractivity contribution in [2.75, 3.05) is 33.2 Å². The van der Waals surface area contributed by atoms with Crippen molar-refractivity contribution in [2.45, 2.75) is 51.5 Å². The van der Waals surface area contributed by atoms with Crippen LogP contribution in [0.15, 0.2) is 0 Å². The zero-order valence-corrected chi connectivity index (χ0v) is 14.9. The molecule has 0 spiro atoms. The number of rotatable bonds is 8. The van der Waals surface area contributed by atoms with Crippen molar-refractivity contribution in [3.8, 4) is 0 Å². The molecule has 1 heterocycles. The lowest BCUT2D eigenvalue weighted by Crippen LogP contribution is -2.49. The molecule has 0 bridgehead atoms. The number of piperidine rings is 1. The van der Waals surface area contributed by atoms with Crippen molar-refractivity contribution in [3.05, 3.63) is 0 Å². The molecule has 0 aromatic rings. The quantitative estimate of drug-likeness (QED) is 0.734. The van der Waals surface area contributed by atoms with Crippen LogP contribution in [0.4, 0.5) is 0 Å². The Bertz CT molecular complexity index is 393. The van der Waals surface area contributed by atoms with E-state index in [9.17, 15) is 8.42 Å². The van der Waals surface area contributed by atoms with Crippen LogP contribution < -0.4 is 5.32 Å². The summed E-state index contributed by atoms with van der Waals surface area (Å²) in [4.78, 5) is 0. The molecular weight excluding hydrogens is 310 g/mol. The van der Waals surface area contributed by atoms with Crippen molar-refractivity contribution < 1.29 is 8.42 Å². The molecule has 1 N–H and O–H groups in total. The Hall–Kier alpha value is 0.120. The predicted octanol–water partition coefficient (Wildman–Crippen LogP) is 1.85. The van der Waals surface area contributed by atoms with E-state index in [1.807, 2.05) is 0 Å². The van der Waals surface area contributed by atoms with Gasteiger partial charge in [0.25, 0.3) is 10.2 Å². The maximum atomic E-state index is 12.4. The first-order valence-corrected chi connectivity index (χ1v) is 9.38. The molecule has 0 atom stereocenters. The Kier molecular flexibility index (Phi) is 7.92. The highest BCUT2D eigenvalue weighted by molar-refractivity contribution is 7.86. The molecule has 1 aliphatic carbocycles. The fourth-order valence-corrected chi connectivity index (χ4v) is 4.07. The van der Waals surface area contributed by atoms with Gasteiger partial charge in [-0.25, -0.2) is 0 Å². The average Bonchev–Trinajstić information content (AvgIpc) is 3.27. The standard InChI is InChI=1S/C14H29N3O2S.ClH/c1-3-4-9-16(2)20(18,19)17-10-7-14(8-11-17)15-12-13-5-6-13;/h13-15H,3-12H2,1-2H3;1H. The molecule has 126 valence electrons. The zero-order valence-electron chi connectivity index (χ0n) is 13.3. The van der Waals surface area contributed by atoms with E-state index < -0.39 is 10.2 Å². The van der Waals surface area contributed by atoms with E-state index in [1.165, 1.54) is 17.1 Å². The number of nitrogens with one attached hydrogen (secondary N) is 1. The average molecular weight is 340 g/mol. The van der Waals surface area contributed by atoms with E-state index in [0.717, 1.165) is 38.1 Å². The second-order valence-electron chi connectivity index (χ2n) is 6.21. The summed E-state index contributed by atoms with van der Waals surface area (Å²) in [5.41, 5.74) is 0. The van der Waals surface area contributed by atoms with E-state index in [2.05, 4.69) is 12.2 Å². The van der Waals surface area contributed by atoms with Gasteiger partial charge in [0.15, 0.2) is 0 Å². The van der Waals surface area contributed by atoms with Crippen molar-refractivity contribution in [2.24, 2.45) is 5.92 Å². The topological polar surface area (TPSA) is 52.7 Å². The van der Waals surface area contributed by atoms with Gasteiger partial charge in [0.1, 0.15) is 0 Å². The summed E-state index contributed by atoms with van der Waals surface area (Å²) < 4.78 is 28.0. The molecule has 2 rings (SSSR count). The maximum Gasteiger partial charge on any atom is 0.281 e. The van der Waals surface area contributed by atoms with Crippen molar-refractivity contribution in [1.82, 2.24) is 13.9 Å². The van der Waals surface area contributed by atoms with Crippen molar-refractivity contribution in [3.63, 3.8) is 0 Å². The monoisotopic (exact) mass is 339 g/mol. The minimum atomic E-state index is -3.24. The van der Waals surface area contributed by atoms with Gasteiger partial charge in [0, 0.05) is 32.7 Å². The SMILES string of the molecule is CCCCN(C)S(=O)(=O)N1CCC(NCC2CC2)CC1.Cl. The first kappa shape index (κ1) is 19.2. The van der Waals surface area contributed by atoms with Gasteiger partial charge in [-0.15, -0.1) is 12.4 Å². The van der Waals surface area contributed by atoms with Crippen LogP contribution in [0.3, 0.4) is 0 Å². The Morgan fingerprint density at radius 1 is 1.19 bits per heavy atom. The van der Waals surface area contributed by atoms with Gasteiger partial charge in [-0.1, -0.05) is 13.3 Å². The molecule has 1 saturated heterocycles. The van der Waals surface area contributed by atoms with E-state index in [-0.39, 0.29) is 12.4 Å². The van der Waals surface area contributed by atoms with Crippen LogP contribution in [0.1, 0.15) is 45.4 Å². The molecule has 21 heavy (non-hydrogen) atoms. The molecule has 7 heteroatoms. The molecule has 0 unspecified atom stereocenters. The third-order valence-corrected chi connectivity index (χ3v) is 6.38. The van der Waals surface area contributed by atoms with E-state index >= 15 is 0 Å². The van der Waals surface area contributed by atoms with Gasteiger partial charge in [-0.05, 0) is 44.6 Å². The number of halogens is 1. The summed E-state index contributed by atoms with van der Waals surface area (Å²) in [5.74, 6) is 0.886.